The topological polar surface area (TPSA) is 3.24 Å². The summed E-state index contributed by atoms with van der Waals surface area (Å²) in [7, 11) is 0. The standard InChI is InChI=1S/C32H25N/c1-22-11-15-28(16-12-22)33(29-17-13-23(2)14-18-29)32-30-10-6-5-9-26(30)20-27-19-24-7-3-4-8-25(24)21-31(27)32/h3-21H,1-2H3. The van der Waals surface area contributed by atoms with Crippen LogP contribution in [0.25, 0.3) is 32.3 Å². The maximum Gasteiger partial charge on any atom is 0.0618 e. The second-order valence-electron chi connectivity index (χ2n) is 8.87. The van der Waals surface area contributed by atoms with E-state index in [4.69, 9.17) is 0 Å². The van der Waals surface area contributed by atoms with Gasteiger partial charge in [0.2, 0.25) is 0 Å². The third-order valence-corrected chi connectivity index (χ3v) is 6.51. The van der Waals surface area contributed by atoms with Gasteiger partial charge in [-0.05, 0) is 77.9 Å². The Kier molecular flexibility index (Phi) is 4.62. The van der Waals surface area contributed by atoms with E-state index in [1.54, 1.807) is 0 Å². The Hall–Kier alpha value is -4.10. The van der Waals surface area contributed by atoms with Crippen molar-refractivity contribution in [1.29, 1.82) is 0 Å². The second-order valence-corrected chi connectivity index (χ2v) is 8.87. The van der Waals surface area contributed by atoms with Gasteiger partial charge in [-0.3, -0.25) is 0 Å². The maximum absolute atomic E-state index is 2.42. The largest absolute Gasteiger partial charge is 0.309 e. The van der Waals surface area contributed by atoms with Gasteiger partial charge in [-0.2, -0.15) is 0 Å². The van der Waals surface area contributed by atoms with Gasteiger partial charge in [0.05, 0.1) is 5.69 Å². The Labute approximate surface area is 194 Å². The van der Waals surface area contributed by atoms with Crippen molar-refractivity contribution in [2.24, 2.45) is 0 Å². The molecule has 0 aliphatic rings. The van der Waals surface area contributed by atoms with Crippen LogP contribution in [0.5, 0.6) is 0 Å². The van der Waals surface area contributed by atoms with E-state index in [0.717, 1.165) is 11.4 Å². The number of nitrogens with zero attached hydrogens (tertiary/aromatic N) is 1. The number of benzene rings is 6. The van der Waals surface area contributed by atoms with E-state index in [9.17, 15) is 0 Å². The molecule has 0 aliphatic heterocycles. The van der Waals surface area contributed by atoms with Crippen LogP contribution >= 0.6 is 0 Å². The lowest BCUT2D eigenvalue weighted by molar-refractivity contribution is 1.29. The maximum atomic E-state index is 2.42. The van der Waals surface area contributed by atoms with Gasteiger partial charge in [-0.15, -0.1) is 0 Å². The molecule has 0 atom stereocenters. The highest BCUT2D eigenvalue weighted by Crippen LogP contribution is 2.44. The lowest BCUT2D eigenvalue weighted by atomic mass is 9.96. The molecule has 158 valence electrons. The summed E-state index contributed by atoms with van der Waals surface area (Å²) in [5.74, 6) is 0. The molecule has 6 aromatic rings. The van der Waals surface area contributed by atoms with E-state index in [1.807, 2.05) is 0 Å². The van der Waals surface area contributed by atoms with Gasteiger partial charge in [0.15, 0.2) is 0 Å². The smallest absolute Gasteiger partial charge is 0.0618 e. The summed E-state index contributed by atoms with van der Waals surface area (Å²) in [4.78, 5) is 2.42. The zero-order valence-corrected chi connectivity index (χ0v) is 18.9. The molecule has 33 heavy (non-hydrogen) atoms. The van der Waals surface area contributed by atoms with Crippen LogP contribution in [-0.2, 0) is 0 Å². The molecule has 0 heterocycles. The van der Waals surface area contributed by atoms with E-state index in [2.05, 4.69) is 134 Å². The average molecular weight is 424 g/mol. The van der Waals surface area contributed by atoms with Crippen molar-refractivity contribution >= 4 is 49.4 Å². The van der Waals surface area contributed by atoms with Crippen molar-refractivity contribution in [3.63, 3.8) is 0 Å². The number of hydrogen-bond acceptors (Lipinski definition) is 1. The van der Waals surface area contributed by atoms with Crippen molar-refractivity contribution in [2.75, 3.05) is 4.90 Å². The highest BCUT2D eigenvalue weighted by molar-refractivity contribution is 6.17. The van der Waals surface area contributed by atoms with Gasteiger partial charge >= 0.3 is 0 Å². The Morgan fingerprint density at radius 1 is 0.424 bits per heavy atom. The van der Waals surface area contributed by atoms with Crippen LogP contribution in [0.4, 0.5) is 17.1 Å². The van der Waals surface area contributed by atoms with Gasteiger partial charge in [0.25, 0.3) is 0 Å². The van der Waals surface area contributed by atoms with Crippen molar-refractivity contribution in [3.05, 3.63) is 126 Å². The minimum Gasteiger partial charge on any atom is -0.309 e. The lowest BCUT2D eigenvalue weighted by Gasteiger charge is -2.29. The summed E-state index contributed by atoms with van der Waals surface area (Å²) >= 11 is 0. The van der Waals surface area contributed by atoms with Crippen molar-refractivity contribution in [2.45, 2.75) is 13.8 Å². The first-order chi connectivity index (χ1) is 16.2. The SMILES string of the molecule is Cc1ccc(N(c2ccc(C)cc2)c2c3ccccc3cc3cc4ccccc4cc23)cc1. The highest BCUT2D eigenvalue weighted by atomic mass is 15.1. The van der Waals surface area contributed by atoms with E-state index in [-0.39, 0.29) is 0 Å². The van der Waals surface area contributed by atoms with Crippen LogP contribution in [0.2, 0.25) is 0 Å². The van der Waals surface area contributed by atoms with Gasteiger partial charge < -0.3 is 4.90 Å². The molecule has 1 nitrogen and oxygen atoms in total. The monoisotopic (exact) mass is 423 g/mol. The first-order valence-electron chi connectivity index (χ1n) is 11.5. The first kappa shape index (κ1) is 19.6. The van der Waals surface area contributed by atoms with Crippen molar-refractivity contribution in [3.8, 4) is 0 Å². The molecule has 0 unspecified atom stereocenters. The number of hydrogen-bond donors (Lipinski definition) is 0. The van der Waals surface area contributed by atoms with Gasteiger partial charge in [0.1, 0.15) is 0 Å². The lowest BCUT2D eigenvalue weighted by Crippen LogP contribution is -2.11. The molecule has 0 aliphatic carbocycles. The zero-order valence-electron chi connectivity index (χ0n) is 18.9. The van der Waals surface area contributed by atoms with Gasteiger partial charge in [-0.1, -0.05) is 83.9 Å². The molecule has 0 bridgehead atoms. The molecule has 0 saturated heterocycles. The van der Waals surface area contributed by atoms with Crippen molar-refractivity contribution in [1.82, 2.24) is 0 Å². The molecule has 6 aromatic carbocycles. The van der Waals surface area contributed by atoms with Crippen LogP contribution in [0.3, 0.4) is 0 Å². The minimum atomic E-state index is 1.16. The number of rotatable bonds is 3. The normalized spacial score (nSPS) is 11.3. The molecule has 1 heteroatoms. The minimum absolute atomic E-state index is 1.16. The van der Waals surface area contributed by atoms with Gasteiger partial charge in [0, 0.05) is 22.1 Å². The third-order valence-electron chi connectivity index (χ3n) is 6.51. The molecule has 0 radical (unpaired) electrons. The molecule has 0 aromatic heterocycles. The first-order valence-corrected chi connectivity index (χ1v) is 11.5. The van der Waals surface area contributed by atoms with Crippen LogP contribution in [-0.4, -0.2) is 0 Å². The molecular weight excluding hydrogens is 398 g/mol. The molecule has 0 fully saturated rings. The molecule has 0 spiro atoms. The zero-order chi connectivity index (χ0) is 22.4. The number of anilines is 3. The fraction of sp³-hybridized carbons (Fsp3) is 0.0625. The Balaban J connectivity index is 1.76. The van der Waals surface area contributed by atoms with Crippen LogP contribution in [0, 0.1) is 13.8 Å². The Bertz CT molecular complexity index is 1560. The fourth-order valence-corrected chi connectivity index (χ4v) is 4.77. The average Bonchev–Trinajstić information content (AvgIpc) is 2.85. The van der Waals surface area contributed by atoms with Crippen LogP contribution < -0.4 is 4.90 Å². The predicted octanol–water partition coefficient (Wildman–Crippen LogP) is 9.23. The molecule has 0 amide bonds. The quantitative estimate of drug-likeness (QED) is 0.256. The molecule has 0 N–H and O–H groups in total. The third kappa shape index (κ3) is 3.43. The predicted molar refractivity (Wildman–Crippen MR) is 143 cm³/mol. The molecule has 6 rings (SSSR count). The van der Waals surface area contributed by atoms with E-state index in [1.165, 1.54) is 49.1 Å². The fourth-order valence-electron chi connectivity index (χ4n) is 4.77. The summed E-state index contributed by atoms with van der Waals surface area (Å²) in [6, 6.07) is 42.0. The summed E-state index contributed by atoms with van der Waals surface area (Å²) in [5, 5.41) is 7.54. The Morgan fingerprint density at radius 3 is 1.52 bits per heavy atom. The summed E-state index contributed by atoms with van der Waals surface area (Å²) in [6.07, 6.45) is 0. The Morgan fingerprint density at radius 2 is 0.909 bits per heavy atom. The van der Waals surface area contributed by atoms with Crippen molar-refractivity contribution < 1.29 is 0 Å². The van der Waals surface area contributed by atoms with E-state index in [0.29, 0.717) is 0 Å². The van der Waals surface area contributed by atoms with E-state index < -0.39 is 0 Å². The summed E-state index contributed by atoms with van der Waals surface area (Å²) in [5.41, 5.74) is 6.07. The number of fused-ring (bicyclic) bond motifs is 3. The van der Waals surface area contributed by atoms with Crippen LogP contribution in [0.1, 0.15) is 11.1 Å². The molecule has 0 saturated carbocycles. The summed E-state index contributed by atoms with van der Waals surface area (Å²) in [6.45, 7) is 4.28. The highest BCUT2D eigenvalue weighted by Gasteiger charge is 2.19. The molecular formula is C32H25N. The van der Waals surface area contributed by atoms with Crippen LogP contribution in [0.15, 0.2) is 115 Å². The second kappa shape index (κ2) is 7.79. The number of aryl methyl sites for hydroxylation is 2. The van der Waals surface area contributed by atoms with E-state index >= 15 is 0 Å². The summed E-state index contributed by atoms with van der Waals surface area (Å²) < 4.78 is 0. The van der Waals surface area contributed by atoms with Gasteiger partial charge in [-0.25, -0.2) is 0 Å².